The number of nitrogens with zero attached hydrogens (tertiary/aromatic N) is 1. The van der Waals surface area contributed by atoms with Crippen molar-refractivity contribution in [2.75, 3.05) is 47.5 Å². The van der Waals surface area contributed by atoms with Crippen molar-refractivity contribution in [3.05, 3.63) is 24.3 Å². The largest absolute Gasteiger partial charge is 0.545 e. The summed E-state index contributed by atoms with van der Waals surface area (Å²) in [6.45, 7) is 4.83. The van der Waals surface area contributed by atoms with Gasteiger partial charge in [-0.3, -0.25) is 9.59 Å². The van der Waals surface area contributed by atoms with E-state index >= 15 is 0 Å². The highest BCUT2D eigenvalue weighted by Gasteiger charge is 2.22. The smallest absolute Gasteiger partial charge is 0.306 e. The number of ether oxygens (including phenoxy) is 4. The molecule has 0 saturated heterocycles. The van der Waals surface area contributed by atoms with E-state index in [4.69, 9.17) is 18.9 Å². The highest BCUT2D eigenvalue weighted by molar-refractivity contribution is 5.70. The number of hydrogen-bond acceptors (Lipinski definition) is 8. The average Bonchev–Trinajstić information content (AvgIpc) is 3.54. The summed E-state index contributed by atoms with van der Waals surface area (Å²) in [7, 11) is 5.95. The SMILES string of the molecule is CCCCCCC/C=C\C/C=C\CCCCCCCCCCCCCCCCCCCCCCCCCCCC(=O)OC(COC(=O)CCCCCCCCCCCCCCCCCCCCCCCCCCCC)COC(OCC[N+](C)(C)C)C(=O)[O-]. The lowest BCUT2D eigenvalue weighted by atomic mass is 10.0. The van der Waals surface area contributed by atoms with E-state index in [1.165, 1.54) is 334 Å². The number of likely N-dealkylation sites (N-methyl/N-ethyl adjacent to an activating group) is 1. The average molecular weight is 1240 g/mol. The number of unbranched alkanes of at least 4 members (excludes halogenated alkanes) is 55. The molecule has 0 heterocycles. The zero-order valence-electron chi connectivity index (χ0n) is 59.6. The van der Waals surface area contributed by atoms with Gasteiger partial charge in [-0.15, -0.1) is 0 Å². The number of hydrogen-bond donors (Lipinski definition) is 0. The number of aliphatic carboxylic acids is 1. The molecule has 2 unspecified atom stereocenters. The first-order valence-electron chi connectivity index (χ1n) is 39.0. The van der Waals surface area contributed by atoms with Gasteiger partial charge in [-0.05, 0) is 44.9 Å². The molecule has 2 atom stereocenters. The molecule has 0 aliphatic carbocycles. The van der Waals surface area contributed by atoms with E-state index in [2.05, 4.69) is 38.2 Å². The Hall–Kier alpha value is -2.23. The lowest BCUT2D eigenvalue weighted by Gasteiger charge is -2.26. The normalized spacial score (nSPS) is 12.7. The number of rotatable bonds is 74. The van der Waals surface area contributed by atoms with Crippen LogP contribution in [0.25, 0.3) is 0 Å². The number of carbonyl (C=O) groups is 3. The second-order valence-corrected chi connectivity index (χ2v) is 28.0. The Labute approximate surface area is 548 Å². The second-order valence-electron chi connectivity index (χ2n) is 28.0. The summed E-state index contributed by atoms with van der Waals surface area (Å²) in [6.07, 6.45) is 85.9. The van der Waals surface area contributed by atoms with Crippen molar-refractivity contribution in [3.63, 3.8) is 0 Å². The summed E-state index contributed by atoms with van der Waals surface area (Å²) in [6, 6.07) is 0. The Bertz CT molecular complexity index is 1490. The van der Waals surface area contributed by atoms with Gasteiger partial charge in [0, 0.05) is 12.8 Å². The van der Waals surface area contributed by atoms with Crippen molar-refractivity contribution in [1.82, 2.24) is 0 Å². The van der Waals surface area contributed by atoms with Gasteiger partial charge in [0.05, 0.1) is 40.3 Å². The molecular weight excluding hydrogens is 1090 g/mol. The van der Waals surface area contributed by atoms with Gasteiger partial charge >= 0.3 is 11.9 Å². The first-order chi connectivity index (χ1) is 43.1. The predicted molar refractivity (Wildman–Crippen MR) is 376 cm³/mol. The van der Waals surface area contributed by atoms with Crippen molar-refractivity contribution < 1.29 is 42.9 Å². The minimum absolute atomic E-state index is 0.152. The molecule has 88 heavy (non-hydrogen) atoms. The molecule has 0 N–H and O–H groups in total. The maximum atomic E-state index is 13.0. The number of esters is 2. The number of carbonyl (C=O) groups excluding carboxylic acids is 3. The molecule has 0 amide bonds. The zero-order valence-corrected chi connectivity index (χ0v) is 59.6. The van der Waals surface area contributed by atoms with Crippen LogP contribution in [0, 0.1) is 0 Å². The molecule has 0 aliphatic heterocycles. The zero-order chi connectivity index (χ0) is 64.0. The van der Waals surface area contributed by atoms with Gasteiger partial charge in [0.2, 0.25) is 0 Å². The van der Waals surface area contributed by atoms with E-state index in [-0.39, 0.29) is 32.2 Å². The molecule has 520 valence electrons. The summed E-state index contributed by atoms with van der Waals surface area (Å²) in [4.78, 5) is 37.6. The maximum absolute atomic E-state index is 13.0. The number of allylic oxidation sites excluding steroid dienone is 4. The highest BCUT2D eigenvalue weighted by Crippen LogP contribution is 2.20. The van der Waals surface area contributed by atoms with Gasteiger partial charge in [0.25, 0.3) is 0 Å². The van der Waals surface area contributed by atoms with Gasteiger partial charge in [-0.2, -0.15) is 0 Å². The van der Waals surface area contributed by atoms with Crippen LogP contribution in [0.3, 0.4) is 0 Å². The van der Waals surface area contributed by atoms with Crippen molar-refractivity contribution in [1.29, 1.82) is 0 Å². The minimum atomic E-state index is -1.62. The van der Waals surface area contributed by atoms with Gasteiger partial charge in [-0.1, -0.05) is 372 Å². The van der Waals surface area contributed by atoms with Crippen LogP contribution in [-0.4, -0.2) is 82.3 Å². The Morgan fingerprint density at radius 3 is 0.898 bits per heavy atom. The van der Waals surface area contributed by atoms with E-state index in [1.54, 1.807) is 0 Å². The molecule has 0 aromatic rings. The molecule has 9 heteroatoms. The lowest BCUT2D eigenvalue weighted by Crippen LogP contribution is -2.44. The van der Waals surface area contributed by atoms with E-state index in [1.807, 2.05) is 21.1 Å². The summed E-state index contributed by atoms with van der Waals surface area (Å²) in [5.74, 6) is -2.24. The van der Waals surface area contributed by atoms with Gasteiger partial charge in [0.1, 0.15) is 13.2 Å². The highest BCUT2D eigenvalue weighted by atomic mass is 16.7. The predicted octanol–water partition coefficient (Wildman–Crippen LogP) is 23.2. The van der Waals surface area contributed by atoms with E-state index in [9.17, 15) is 19.5 Å². The van der Waals surface area contributed by atoms with Gasteiger partial charge in [0.15, 0.2) is 12.4 Å². The van der Waals surface area contributed by atoms with Crippen LogP contribution in [0.2, 0.25) is 0 Å². The van der Waals surface area contributed by atoms with Gasteiger partial charge < -0.3 is 33.3 Å². The Morgan fingerprint density at radius 2 is 0.614 bits per heavy atom. The van der Waals surface area contributed by atoms with Crippen LogP contribution in [0.15, 0.2) is 24.3 Å². The quantitative estimate of drug-likeness (QED) is 0.0195. The molecule has 0 radical (unpaired) electrons. The van der Waals surface area contributed by atoms with Crippen LogP contribution in [0.1, 0.15) is 406 Å². The van der Waals surface area contributed by atoms with E-state index < -0.39 is 24.3 Å². The molecule has 0 rings (SSSR count). The van der Waals surface area contributed by atoms with Crippen LogP contribution >= 0.6 is 0 Å². The van der Waals surface area contributed by atoms with Crippen LogP contribution in [0.5, 0.6) is 0 Å². The van der Waals surface area contributed by atoms with Crippen molar-refractivity contribution in [2.24, 2.45) is 0 Å². The third kappa shape index (κ3) is 71.2. The van der Waals surface area contributed by atoms with Gasteiger partial charge in [-0.25, -0.2) is 0 Å². The molecule has 0 saturated carbocycles. The topological polar surface area (TPSA) is 111 Å². The fourth-order valence-corrected chi connectivity index (χ4v) is 12.0. The fourth-order valence-electron chi connectivity index (χ4n) is 12.0. The standard InChI is InChI=1S/C79H151NO8/c1-6-8-10-12-14-16-18-20-22-24-26-28-30-32-34-35-36-37-38-39-40-41-42-43-44-46-48-50-52-54-56-58-60-62-64-66-68-70-77(82)88-75(74-87-79(78(83)84)85-72-71-80(3,4)5)73-86-76(81)69-67-65-63-61-59-57-55-53-51-49-47-45-33-31-29-27-25-23-21-19-17-15-13-11-9-7-2/h18,20,24,26,75,79H,6-17,19,21-23,25,27-74H2,1-5H3/b20-18-,26-24-. The van der Waals surface area contributed by atoms with Crippen molar-refractivity contribution in [2.45, 2.75) is 418 Å². The summed E-state index contributed by atoms with van der Waals surface area (Å²) in [5.41, 5.74) is 0. The molecule has 0 bridgehead atoms. The molecular formula is C79H151NO8. The third-order valence-electron chi connectivity index (χ3n) is 18.0. The summed E-state index contributed by atoms with van der Waals surface area (Å²) in [5, 5.41) is 11.8. The van der Waals surface area contributed by atoms with E-state index in [0.29, 0.717) is 17.4 Å². The lowest BCUT2D eigenvalue weighted by molar-refractivity contribution is -0.870. The second kappa shape index (κ2) is 70.6. The maximum Gasteiger partial charge on any atom is 0.306 e. The monoisotopic (exact) mass is 1240 g/mol. The Kier molecular flexibility index (Phi) is 68.8. The Morgan fingerprint density at radius 1 is 0.341 bits per heavy atom. The summed E-state index contributed by atoms with van der Waals surface area (Å²) < 4.78 is 22.9. The Balaban J connectivity index is 3.96. The summed E-state index contributed by atoms with van der Waals surface area (Å²) >= 11 is 0. The third-order valence-corrected chi connectivity index (χ3v) is 18.0. The first-order valence-corrected chi connectivity index (χ1v) is 39.0. The van der Waals surface area contributed by atoms with Crippen LogP contribution < -0.4 is 5.11 Å². The molecule has 0 aliphatic rings. The molecule has 0 aromatic carbocycles. The number of quaternary nitrogens is 1. The van der Waals surface area contributed by atoms with Crippen molar-refractivity contribution >= 4 is 17.9 Å². The van der Waals surface area contributed by atoms with E-state index in [0.717, 1.165) is 44.9 Å². The molecule has 0 fully saturated rings. The first kappa shape index (κ1) is 85.8. The number of carboxylic acid groups (broad SMARTS) is 1. The molecule has 9 nitrogen and oxygen atoms in total. The molecule has 0 aromatic heterocycles. The van der Waals surface area contributed by atoms with Crippen molar-refractivity contribution in [3.8, 4) is 0 Å². The van der Waals surface area contributed by atoms with Crippen LogP contribution in [-0.2, 0) is 33.3 Å². The minimum Gasteiger partial charge on any atom is -0.545 e. The number of carboxylic acids is 1. The van der Waals surface area contributed by atoms with Crippen LogP contribution in [0.4, 0.5) is 0 Å². The fraction of sp³-hybridized carbons (Fsp3) is 0.911. The molecule has 0 spiro atoms.